The van der Waals surface area contributed by atoms with Crippen LogP contribution in [0.3, 0.4) is 0 Å². The summed E-state index contributed by atoms with van der Waals surface area (Å²) in [4.78, 5) is 3.98. The van der Waals surface area contributed by atoms with Crippen LogP contribution in [0.4, 0.5) is 5.69 Å². The Kier molecular flexibility index (Phi) is 9.28. The van der Waals surface area contributed by atoms with Gasteiger partial charge < -0.3 is 5.73 Å². The van der Waals surface area contributed by atoms with Crippen LogP contribution in [0.2, 0.25) is 0 Å². The van der Waals surface area contributed by atoms with Crippen LogP contribution in [0, 0.1) is 0 Å². The Bertz CT molecular complexity index is 410. The van der Waals surface area contributed by atoms with Crippen molar-refractivity contribution in [2.45, 2.75) is 34.1 Å². The highest BCUT2D eigenvalue weighted by Crippen LogP contribution is 2.11. The lowest BCUT2D eigenvalue weighted by molar-refractivity contribution is 1.16. The lowest BCUT2D eigenvalue weighted by Crippen LogP contribution is -1.90. The molecule has 0 saturated carbocycles. The van der Waals surface area contributed by atoms with Crippen LogP contribution in [-0.4, -0.2) is 4.98 Å². The van der Waals surface area contributed by atoms with E-state index in [1.165, 1.54) is 11.1 Å². The van der Waals surface area contributed by atoms with Gasteiger partial charge in [-0.25, -0.2) is 0 Å². The molecule has 2 aromatic rings. The molecule has 0 spiro atoms. The Morgan fingerprint density at radius 3 is 2.06 bits per heavy atom. The van der Waals surface area contributed by atoms with Gasteiger partial charge in [0.15, 0.2) is 0 Å². The number of anilines is 1. The van der Waals surface area contributed by atoms with Crippen LogP contribution in [0.25, 0.3) is 0 Å². The molecule has 2 nitrogen and oxygen atoms in total. The topological polar surface area (TPSA) is 38.9 Å². The van der Waals surface area contributed by atoms with Crippen molar-refractivity contribution in [3.63, 3.8) is 0 Å². The third kappa shape index (κ3) is 6.04. The van der Waals surface area contributed by atoms with Crippen molar-refractivity contribution >= 4 is 5.69 Å². The minimum atomic E-state index is 0.816. The largest absolute Gasteiger partial charge is 0.399 e. The Hall–Kier alpha value is -1.83. The molecule has 1 aromatic heterocycles. The summed E-state index contributed by atoms with van der Waals surface area (Å²) in [6.45, 7) is 8.00. The number of rotatable bonds is 2. The molecule has 0 aliphatic heterocycles. The molecule has 0 fully saturated rings. The highest BCUT2D eigenvalue weighted by atomic mass is 14.6. The molecular weight excluding hydrogens is 220 g/mol. The summed E-state index contributed by atoms with van der Waals surface area (Å²) >= 11 is 0. The van der Waals surface area contributed by atoms with Gasteiger partial charge in [-0.15, -0.1) is 0 Å². The van der Waals surface area contributed by atoms with E-state index in [1.54, 1.807) is 0 Å². The second kappa shape index (κ2) is 10.3. The van der Waals surface area contributed by atoms with Crippen LogP contribution in [0.15, 0.2) is 48.8 Å². The molecule has 0 aliphatic carbocycles. The quantitative estimate of drug-likeness (QED) is 0.800. The monoisotopic (exact) mass is 244 g/mol. The third-order valence-corrected chi connectivity index (χ3v) is 2.11. The second-order valence-corrected chi connectivity index (χ2v) is 3.28. The van der Waals surface area contributed by atoms with Crippen LogP contribution in [0.1, 0.15) is 38.8 Å². The first-order valence-corrected chi connectivity index (χ1v) is 6.58. The third-order valence-electron chi connectivity index (χ3n) is 2.11. The summed E-state index contributed by atoms with van der Waals surface area (Å²) in [5.74, 6) is 0. The molecule has 1 aromatic carbocycles. The van der Waals surface area contributed by atoms with Crippen molar-refractivity contribution in [3.05, 3.63) is 59.9 Å². The van der Waals surface area contributed by atoms with Gasteiger partial charge in [-0.1, -0.05) is 39.8 Å². The zero-order valence-corrected chi connectivity index (χ0v) is 11.9. The number of nitrogens with zero attached hydrogens (tertiary/aromatic N) is 1. The standard InChI is InChI=1S/C12H12N2.2C2H6/c13-12-3-1-2-11(9-12)8-10-4-6-14-7-5-10;2*1-2/h1-7,9H,8,13H2;2*1-2H3. The minimum absolute atomic E-state index is 0.816. The van der Waals surface area contributed by atoms with Crippen molar-refractivity contribution in [1.29, 1.82) is 0 Å². The van der Waals surface area contributed by atoms with E-state index in [1.807, 2.05) is 70.4 Å². The molecule has 0 aliphatic rings. The number of hydrogen-bond acceptors (Lipinski definition) is 2. The normalized spacial score (nSPS) is 8.44. The maximum absolute atomic E-state index is 5.70. The van der Waals surface area contributed by atoms with Gasteiger partial charge in [0.2, 0.25) is 0 Å². The first kappa shape index (κ1) is 16.2. The van der Waals surface area contributed by atoms with E-state index in [9.17, 15) is 0 Å². The van der Waals surface area contributed by atoms with E-state index in [-0.39, 0.29) is 0 Å². The van der Waals surface area contributed by atoms with Crippen molar-refractivity contribution in [2.75, 3.05) is 5.73 Å². The summed E-state index contributed by atoms with van der Waals surface area (Å²) in [6, 6.07) is 12.0. The Morgan fingerprint density at radius 2 is 1.50 bits per heavy atom. The summed E-state index contributed by atoms with van der Waals surface area (Å²) in [6.07, 6.45) is 4.52. The Balaban J connectivity index is 0.000000659. The average molecular weight is 244 g/mol. The highest BCUT2D eigenvalue weighted by molar-refractivity contribution is 5.42. The second-order valence-electron chi connectivity index (χ2n) is 3.28. The van der Waals surface area contributed by atoms with E-state index in [0.29, 0.717) is 0 Å². The molecule has 0 atom stereocenters. The van der Waals surface area contributed by atoms with E-state index in [0.717, 1.165) is 12.1 Å². The van der Waals surface area contributed by atoms with E-state index in [4.69, 9.17) is 5.73 Å². The van der Waals surface area contributed by atoms with E-state index < -0.39 is 0 Å². The lowest BCUT2D eigenvalue weighted by Gasteiger charge is -2.01. The number of aromatic nitrogens is 1. The number of nitrogens with two attached hydrogens (primary N) is 1. The van der Waals surface area contributed by atoms with Crippen LogP contribution < -0.4 is 5.73 Å². The number of benzene rings is 1. The summed E-state index contributed by atoms with van der Waals surface area (Å²) in [5, 5.41) is 0. The van der Waals surface area contributed by atoms with Gasteiger partial charge in [-0.2, -0.15) is 0 Å². The van der Waals surface area contributed by atoms with Gasteiger partial charge in [0.1, 0.15) is 0 Å². The van der Waals surface area contributed by atoms with Crippen LogP contribution >= 0.6 is 0 Å². The maximum atomic E-state index is 5.70. The van der Waals surface area contributed by atoms with Gasteiger partial charge in [-0.3, -0.25) is 4.98 Å². The molecule has 0 radical (unpaired) electrons. The number of pyridine rings is 1. The van der Waals surface area contributed by atoms with Gasteiger partial charge >= 0.3 is 0 Å². The van der Waals surface area contributed by atoms with Crippen LogP contribution in [0.5, 0.6) is 0 Å². The molecule has 0 bridgehead atoms. The first-order chi connectivity index (χ1) is 8.84. The zero-order chi connectivity index (χ0) is 13.8. The predicted octanol–water partition coefficient (Wildman–Crippen LogP) is 4.31. The molecule has 1 heterocycles. The number of nitrogen functional groups attached to an aromatic ring is 1. The summed E-state index contributed by atoms with van der Waals surface area (Å²) in [5.41, 5.74) is 9.00. The first-order valence-electron chi connectivity index (χ1n) is 6.58. The Labute approximate surface area is 111 Å². The molecule has 0 unspecified atom stereocenters. The van der Waals surface area contributed by atoms with Crippen molar-refractivity contribution in [1.82, 2.24) is 4.98 Å². The van der Waals surface area contributed by atoms with Crippen molar-refractivity contribution in [2.24, 2.45) is 0 Å². The fourth-order valence-corrected chi connectivity index (χ4v) is 1.44. The molecule has 2 N–H and O–H groups in total. The molecule has 18 heavy (non-hydrogen) atoms. The fraction of sp³-hybridized carbons (Fsp3) is 0.312. The molecule has 2 rings (SSSR count). The van der Waals surface area contributed by atoms with E-state index >= 15 is 0 Å². The minimum Gasteiger partial charge on any atom is -0.399 e. The summed E-state index contributed by atoms with van der Waals surface area (Å²) < 4.78 is 0. The molecule has 98 valence electrons. The van der Waals surface area contributed by atoms with Crippen molar-refractivity contribution in [3.8, 4) is 0 Å². The average Bonchev–Trinajstić information content (AvgIpc) is 2.44. The SMILES string of the molecule is CC.CC.Nc1cccc(Cc2ccncc2)c1. The van der Waals surface area contributed by atoms with Gasteiger partial charge in [0, 0.05) is 18.1 Å². The molecule has 2 heteroatoms. The fourth-order valence-electron chi connectivity index (χ4n) is 1.44. The summed E-state index contributed by atoms with van der Waals surface area (Å²) in [7, 11) is 0. The number of hydrogen-bond donors (Lipinski definition) is 1. The van der Waals surface area contributed by atoms with E-state index in [2.05, 4.69) is 11.1 Å². The van der Waals surface area contributed by atoms with Gasteiger partial charge in [-0.05, 0) is 41.8 Å². The highest BCUT2D eigenvalue weighted by Gasteiger charge is 1.95. The van der Waals surface area contributed by atoms with Crippen molar-refractivity contribution < 1.29 is 0 Å². The smallest absolute Gasteiger partial charge is 0.0316 e. The zero-order valence-electron chi connectivity index (χ0n) is 11.9. The maximum Gasteiger partial charge on any atom is 0.0316 e. The molecular formula is C16H24N2. The predicted molar refractivity (Wildman–Crippen MR) is 80.6 cm³/mol. The molecule has 0 saturated heterocycles. The van der Waals surface area contributed by atoms with Crippen LogP contribution in [-0.2, 0) is 6.42 Å². The molecule has 0 amide bonds. The lowest BCUT2D eigenvalue weighted by atomic mass is 10.1. The van der Waals surface area contributed by atoms with Gasteiger partial charge in [0.25, 0.3) is 0 Å². The van der Waals surface area contributed by atoms with Gasteiger partial charge in [0.05, 0.1) is 0 Å². The Morgan fingerprint density at radius 1 is 0.889 bits per heavy atom.